The van der Waals surface area contributed by atoms with Gasteiger partial charge in [0, 0.05) is 6.54 Å². The SMILES string of the molecule is CCCN(CCC)CCc1cccc2[nH]c(=O)sc12. The fourth-order valence-corrected chi connectivity index (χ4v) is 3.35. The molecule has 104 valence electrons. The molecule has 0 aliphatic rings. The number of hydrogen-bond acceptors (Lipinski definition) is 3. The molecule has 1 heterocycles. The summed E-state index contributed by atoms with van der Waals surface area (Å²) in [5, 5.41) is 0. The van der Waals surface area contributed by atoms with Gasteiger partial charge in [-0.3, -0.25) is 4.79 Å². The minimum atomic E-state index is 0.0430. The number of thiazole rings is 1. The molecule has 3 nitrogen and oxygen atoms in total. The maximum atomic E-state index is 11.4. The normalized spacial score (nSPS) is 11.5. The van der Waals surface area contributed by atoms with Crippen molar-refractivity contribution < 1.29 is 0 Å². The molecule has 2 aromatic rings. The van der Waals surface area contributed by atoms with E-state index in [1.807, 2.05) is 12.1 Å². The summed E-state index contributed by atoms with van der Waals surface area (Å²) < 4.78 is 1.13. The number of rotatable bonds is 7. The van der Waals surface area contributed by atoms with Crippen LogP contribution in [0, 0.1) is 0 Å². The van der Waals surface area contributed by atoms with Crippen LogP contribution in [0.15, 0.2) is 23.0 Å². The highest BCUT2D eigenvalue weighted by molar-refractivity contribution is 7.16. The van der Waals surface area contributed by atoms with Crippen molar-refractivity contribution in [1.29, 1.82) is 0 Å². The first-order valence-corrected chi connectivity index (χ1v) is 7.89. The average molecular weight is 278 g/mol. The van der Waals surface area contributed by atoms with Crippen molar-refractivity contribution in [3.05, 3.63) is 33.4 Å². The van der Waals surface area contributed by atoms with Gasteiger partial charge in [0.2, 0.25) is 0 Å². The molecule has 0 spiro atoms. The first-order chi connectivity index (χ1) is 9.24. The molecule has 1 aromatic carbocycles. The summed E-state index contributed by atoms with van der Waals surface area (Å²) in [5.41, 5.74) is 2.27. The lowest BCUT2D eigenvalue weighted by Crippen LogP contribution is -2.27. The van der Waals surface area contributed by atoms with E-state index in [1.54, 1.807) is 0 Å². The van der Waals surface area contributed by atoms with Crippen LogP contribution in [0.1, 0.15) is 32.3 Å². The minimum Gasteiger partial charge on any atom is -0.312 e. The number of benzene rings is 1. The molecule has 0 radical (unpaired) electrons. The Morgan fingerprint density at radius 2 is 1.89 bits per heavy atom. The third kappa shape index (κ3) is 3.67. The zero-order valence-electron chi connectivity index (χ0n) is 11.7. The van der Waals surface area contributed by atoms with E-state index in [0.717, 1.165) is 36.3 Å². The van der Waals surface area contributed by atoms with Gasteiger partial charge in [-0.05, 0) is 44.0 Å². The van der Waals surface area contributed by atoms with Crippen LogP contribution >= 0.6 is 11.3 Å². The highest BCUT2D eigenvalue weighted by Crippen LogP contribution is 2.20. The molecule has 0 aliphatic heterocycles. The summed E-state index contributed by atoms with van der Waals surface area (Å²) in [4.78, 5) is 16.9. The third-order valence-electron chi connectivity index (χ3n) is 3.31. The molecule has 0 saturated carbocycles. The van der Waals surface area contributed by atoms with Crippen molar-refractivity contribution in [2.45, 2.75) is 33.1 Å². The van der Waals surface area contributed by atoms with Crippen molar-refractivity contribution in [1.82, 2.24) is 9.88 Å². The Morgan fingerprint density at radius 3 is 2.58 bits per heavy atom. The zero-order chi connectivity index (χ0) is 13.7. The molecule has 1 N–H and O–H groups in total. The monoisotopic (exact) mass is 278 g/mol. The summed E-state index contributed by atoms with van der Waals surface area (Å²) in [6.45, 7) is 7.84. The highest BCUT2D eigenvalue weighted by atomic mass is 32.1. The zero-order valence-corrected chi connectivity index (χ0v) is 12.6. The molecule has 4 heteroatoms. The van der Waals surface area contributed by atoms with E-state index in [1.165, 1.54) is 29.7 Å². The first-order valence-electron chi connectivity index (χ1n) is 7.07. The standard InChI is InChI=1S/C15H22N2OS/c1-3-9-17(10-4-2)11-8-12-6-5-7-13-14(12)19-15(18)16-13/h5-7H,3-4,8-11H2,1-2H3,(H,16,18). The van der Waals surface area contributed by atoms with Crippen LogP contribution in [0.4, 0.5) is 0 Å². The van der Waals surface area contributed by atoms with E-state index in [9.17, 15) is 4.79 Å². The Balaban J connectivity index is 2.10. The van der Waals surface area contributed by atoms with Crippen molar-refractivity contribution >= 4 is 21.6 Å². The molecule has 1 aromatic heterocycles. The number of aromatic amines is 1. The van der Waals surface area contributed by atoms with Gasteiger partial charge >= 0.3 is 4.87 Å². The molecule has 0 atom stereocenters. The van der Waals surface area contributed by atoms with Gasteiger partial charge in [0.15, 0.2) is 0 Å². The van der Waals surface area contributed by atoms with Gasteiger partial charge in [0.25, 0.3) is 0 Å². The lowest BCUT2D eigenvalue weighted by atomic mass is 10.1. The molecular formula is C15H22N2OS. The predicted molar refractivity (Wildman–Crippen MR) is 83.2 cm³/mol. The van der Waals surface area contributed by atoms with Crippen LogP contribution in [0.3, 0.4) is 0 Å². The Hall–Kier alpha value is -1.13. The second-order valence-electron chi connectivity index (χ2n) is 4.90. The van der Waals surface area contributed by atoms with Gasteiger partial charge in [-0.15, -0.1) is 0 Å². The van der Waals surface area contributed by atoms with Gasteiger partial charge in [-0.25, -0.2) is 0 Å². The number of H-pyrrole nitrogens is 1. The summed E-state index contributed by atoms with van der Waals surface area (Å²) in [6.07, 6.45) is 3.41. The fourth-order valence-electron chi connectivity index (χ4n) is 2.48. The van der Waals surface area contributed by atoms with E-state index < -0.39 is 0 Å². The number of nitrogens with zero attached hydrogens (tertiary/aromatic N) is 1. The molecule has 0 saturated heterocycles. The van der Waals surface area contributed by atoms with Crippen LogP contribution in [0.5, 0.6) is 0 Å². The smallest absolute Gasteiger partial charge is 0.305 e. The molecule has 2 rings (SSSR count). The Morgan fingerprint density at radius 1 is 1.16 bits per heavy atom. The number of aromatic nitrogens is 1. The third-order valence-corrected chi connectivity index (χ3v) is 4.28. The Kier molecular flexibility index (Phi) is 5.16. The second-order valence-corrected chi connectivity index (χ2v) is 5.88. The Labute approximate surface area is 118 Å². The fraction of sp³-hybridized carbons (Fsp3) is 0.533. The summed E-state index contributed by atoms with van der Waals surface area (Å²) in [7, 11) is 0. The summed E-state index contributed by atoms with van der Waals surface area (Å²) >= 11 is 1.33. The number of hydrogen-bond donors (Lipinski definition) is 1. The molecule has 0 aliphatic carbocycles. The quantitative estimate of drug-likeness (QED) is 0.844. The summed E-state index contributed by atoms with van der Waals surface area (Å²) in [6, 6.07) is 6.15. The Bertz CT molecular complexity index is 567. The second kappa shape index (κ2) is 6.87. The van der Waals surface area contributed by atoms with E-state index in [4.69, 9.17) is 0 Å². The maximum Gasteiger partial charge on any atom is 0.305 e. The first kappa shape index (κ1) is 14.3. The van der Waals surface area contributed by atoms with Crippen molar-refractivity contribution in [2.24, 2.45) is 0 Å². The van der Waals surface area contributed by atoms with Gasteiger partial charge in [-0.1, -0.05) is 37.3 Å². The maximum absolute atomic E-state index is 11.4. The topological polar surface area (TPSA) is 36.1 Å². The molecule has 0 fully saturated rings. The largest absolute Gasteiger partial charge is 0.312 e. The molecule has 0 amide bonds. The van der Waals surface area contributed by atoms with E-state index in [2.05, 4.69) is 29.8 Å². The molecule has 19 heavy (non-hydrogen) atoms. The van der Waals surface area contributed by atoms with Gasteiger partial charge in [0.1, 0.15) is 0 Å². The van der Waals surface area contributed by atoms with Crippen LogP contribution in [-0.4, -0.2) is 29.5 Å². The molecular weight excluding hydrogens is 256 g/mol. The lowest BCUT2D eigenvalue weighted by molar-refractivity contribution is 0.278. The van der Waals surface area contributed by atoms with Crippen LogP contribution in [0.25, 0.3) is 10.2 Å². The van der Waals surface area contributed by atoms with Crippen LogP contribution < -0.4 is 4.87 Å². The molecule has 0 bridgehead atoms. The average Bonchev–Trinajstić information content (AvgIpc) is 2.77. The van der Waals surface area contributed by atoms with E-state index in [-0.39, 0.29) is 4.87 Å². The van der Waals surface area contributed by atoms with Gasteiger partial charge in [0.05, 0.1) is 10.2 Å². The van der Waals surface area contributed by atoms with Crippen molar-refractivity contribution in [2.75, 3.05) is 19.6 Å². The highest BCUT2D eigenvalue weighted by Gasteiger charge is 2.07. The van der Waals surface area contributed by atoms with E-state index in [0.29, 0.717) is 0 Å². The molecule has 0 unspecified atom stereocenters. The summed E-state index contributed by atoms with van der Waals surface area (Å²) in [5.74, 6) is 0. The van der Waals surface area contributed by atoms with Gasteiger partial charge < -0.3 is 9.88 Å². The van der Waals surface area contributed by atoms with Gasteiger partial charge in [-0.2, -0.15) is 0 Å². The van der Waals surface area contributed by atoms with E-state index >= 15 is 0 Å². The predicted octanol–water partition coefficient (Wildman–Crippen LogP) is 3.25. The van der Waals surface area contributed by atoms with Crippen LogP contribution in [-0.2, 0) is 6.42 Å². The lowest BCUT2D eigenvalue weighted by Gasteiger charge is -2.20. The van der Waals surface area contributed by atoms with Crippen molar-refractivity contribution in [3.63, 3.8) is 0 Å². The van der Waals surface area contributed by atoms with Crippen LogP contribution in [0.2, 0.25) is 0 Å². The number of fused-ring (bicyclic) bond motifs is 1. The van der Waals surface area contributed by atoms with Crippen molar-refractivity contribution in [3.8, 4) is 0 Å². The number of nitrogens with one attached hydrogen (secondary N) is 1. The minimum absolute atomic E-state index is 0.0430.